The molecule has 0 radical (unpaired) electrons. The first-order valence-electron chi connectivity index (χ1n) is 7.56. The number of hydrogen-bond donors (Lipinski definition) is 0. The fourth-order valence-corrected chi connectivity index (χ4v) is 1.79. The number of halogens is 1. The molecule has 0 heterocycles. The molecule has 0 amide bonds. The van der Waals surface area contributed by atoms with E-state index < -0.39 is 5.41 Å². The van der Waals surface area contributed by atoms with E-state index in [9.17, 15) is 14.0 Å². The van der Waals surface area contributed by atoms with Crippen LogP contribution in [-0.2, 0) is 4.79 Å². The van der Waals surface area contributed by atoms with Gasteiger partial charge in [0.15, 0.2) is 5.78 Å². The van der Waals surface area contributed by atoms with Crippen molar-refractivity contribution in [3.63, 3.8) is 0 Å². The van der Waals surface area contributed by atoms with Gasteiger partial charge in [0.2, 0.25) is 0 Å². The van der Waals surface area contributed by atoms with Gasteiger partial charge in [-0.25, -0.2) is 4.39 Å². The normalized spacial score (nSPS) is 11.5. The molecule has 0 atom stereocenters. The van der Waals surface area contributed by atoms with Gasteiger partial charge in [-0.3, -0.25) is 9.59 Å². The number of allylic oxidation sites excluding steroid dienone is 1. The first kappa shape index (κ1) is 17.6. The highest BCUT2D eigenvalue weighted by molar-refractivity contribution is 6.06. The van der Waals surface area contributed by atoms with Crippen molar-refractivity contribution in [3.8, 4) is 5.75 Å². The SMILES string of the molecule is CC(C)(C)C(=O)Oc1ccc(C(=O)/C=C/c2ccc(F)cc2)cc1. The van der Waals surface area contributed by atoms with Crippen LogP contribution in [0.3, 0.4) is 0 Å². The first-order valence-corrected chi connectivity index (χ1v) is 7.56. The maximum absolute atomic E-state index is 12.8. The zero-order chi connectivity index (χ0) is 17.7. The molecule has 124 valence electrons. The predicted molar refractivity (Wildman–Crippen MR) is 91.3 cm³/mol. The summed E-state index contributed by atoms with van der Waals surface area (Å²) in [6.07, 6.45) is 3.04. The van der Waals surface area contributed by atoms with E-state index in [2.05, 4.69) is 0 Å². The number of ketones is 1. The lowest BCUT2D eigenvalue weighted by atomic mass is 9.97. The highest BCUT2D eigenvalue weighted by atomic mass is 19.1. The molecule has 0 saturated carbocycles. The number of rotatable bonds is 4. The maximum atomic E-state index is 12.8. The molecule has 0 bridgehead atoms. The molecule has 24 heavy (non-hydrogen) atoms. The van der Waals surface area contributed by atoms with Crippen LogP contribution in [0.2, 0.25) is 0 Å². The van der Waals surface area contributed by atoms with Gasteiger partial charge in [0.1, 0.15) is 11.6 Å². The highest BCUT2D eigenvalue weighted by Gasteiger charge is 2.23. The van der Waals surface area contributed by atoms with E-state index in [4.69, 9.17) is 4.74 Å². The van der Waals surface area contributed by atoms with Crippen LogP contribution in [-0.4, -0.2) is 11.8 Å². The Morgan fingerprint density at radius 2 is 1.54 bits per heavy atom. The Balaban J connectivity index is 2.03. The summed E-state index contributed by atoms with van der Waals surface area (Å²) in [4.78, 5) is 23.9. The second-order valence-electron chi connectivity index (χ2n) is 6.41. The number of benzene rings is 2. The fraction of sp³-hybridized carbons (Fsp3) is 0.200. The Hall–Kier alpha value is -2.75. The van der Waals surface area contributed by atoms with E-state index in [1.54, 1.807) is 63.2 Å². The molecular formula is C20H19FO3. The Morgan fingerprint density at radius 1 is 0.958 bits per heavy atom. The van der Waals surface area contributed by atoms with Crippen LogP contribution in [0.15, 0.2) is 54.6 Å². The van der Waals surface area contributed by atoms with Crippen LogP contribution in [0.5, 0.6) is 5.75 Å². The Morgan fingerprint density at radius 3 is 2.08 bits per heavy atom. The van der Waals surface area contributed by atoms with Gasteiger partial charge >= 0.3 is 5.97 Å². The van der Waals surface area contributed by atoms with E-state index in [0.717, 1.165) is 5.56 Å². The summed E-state index contributed by atoms with van der Waals surface area (Å²) >= 11 is 0. The number of carbonyl (C=O) groups is 2. The lowest BCUT2D eigenvalue weighted by Gasteiger charge is -2.16. The van der Waals surface area contributed by atoms with Gasteiger partial charge in [0.25, 0.3) is 0 Å². The molecule has 0 unspecified atom stereocenters. The van der Waals surface area contributed by atoms with Gasteiger partial charge in [-0.1, -0.05) is 18.2 Å². The van der Waals surface area contributed by atoms with E-state index in [1.807, 2.05) is 0 Å². The third-order valence-corrected chi connectivity index (χ3v) is 3.26. The molecule has 3 nitrogen and oxygen atoms in total. The van der Waals surface area contributed by atoms with Crippen molar-refractivity contribution in [1.82, 2.24) is 0 Å². The zero-order valence-electron chi connectivity index (χ0n) is 13.9. The second kappa shape index (κ2) is 7.21. The van der Waals surface area contributed by atoms with Crippen LogP contribution < -0.4 is 4.74 Å². The minimum atomic E-state index is -0.591. The molecule has 0 aromatic heterocycles. The van der Waals surface area contributed by atoms with Crippen molar-refractivity contribution in [2.24, 2.45) is 5.41 Å². The smallest absolute Gasteiger partial charge is 0.316 e. The van der Waals surface area contributed by atoms with Gasteiger partial charge in [-0.05, 0) is 68.8 Å². The van der Waals surface area contributed by atoms with Crippen LogP contribution >= 0.6 is 0 Å². The summed E-state index contributed by atoms with van der Waals surface area (Å²) in [7, 11) is 0. The molecule has 2 aromatic rings. The minimum absolute atomic E-state index is 0.187. The molecule has 0 aliphatic heterocycles. The summed E-state index contributed by atoms with van der Waals surface area (Å²) in [5.41, 5.74) is 0.622. The number of ether oxygens (including phenoxy) is 1. The van der Waals surface area contributed by atoms with E-state index in [1.165, 1.54) is 18.2 Å². The molecule has 0 saturated heterocycles. The molecule has 2 aromatic carbocycles. The minimum Gasteiger partial charge on any atom is -0.426 e. The van der Waals surface area contributed by atoms with Gasteiger partial charge in [-0.15, -0.1) is 0 Å². The average molecular weight is 326 g/mol. The van der Waals surface area contributed by atoms with Gasteiger partial charge in [-0.2, -0.15) is 0 Å². The third-order valence-electron chi connectivity index (χ3n) is 3.26. The molecule has 4 heteroatoms. The van der Waals surface area contributed by atoms with Crippen LogP contribution in [0, 0.1) is 11.2 Å². The van der Waals surface area contributed by atoms with Crippen molar-refractivity contribution in [2.75, 3.05) is 0 Å². The largest absolute Gasteiger partial charge is 0.426 e. The van der Waals surface area contributed by atoms with Crippen LogP contribution in [0.25, 0.3) is 6.08 Å². The standard InChI is InChI=1S/C20H19FO3/c1-20(2,3)19(23)24-17-11-7-15(8-12-17)18(22)13-6-14-4-9-16(21)10-5-14/h4-13H,1-3H3/b13-6+. The number of hydrogen-bond acceptors (Lipinski definition) is 3. The lowest BCUT2D eigenvalue weighted by Crippen LogP contribution is -2.25. The highest BCUT2D eigenvalue weighted by Crippen LogP contribution is 2.20. The van der Waals surface area contributed by atoms with Crippen molar-refractivity contribution >= 4 is 17.8 Å². The molecule has 0 N–H and O–H groups in total. The average Bonchev–Trinajstić information content (AvgIpc) is 2.54. The molecular weight excluding hydrogens is 307 g/mol. The monoisotopic (exact) mass is 326 g/mol. The molecule has 2 rings (SSSR count). The predicted octanol–water partition coefficient (Wildman–Crippen LogP) is 4.67. The van der Waals surface area contributed by atoms with Crippen LogP contribution in [0.1, 0.15) is 36.7 Å². The fourth-order valence-electron chi connectivity index (χ4n) is 1.79. The summed E-state index contributed by atoms with van der Waals surface area (Å²) in [6.45, 7) is 5.31. The van der Waals surface area contributed by atoms with Crippen molar-refractivity contribution in [1.29, 1.82) is 0 Å². The van der Waals surface area contributed by atoms with Gasteiger partial charge < -0.3 is 4.74 Å². The third kappa shape index (κ3) is 4.88. The van der Waals surface area contributed by atoms with Crippen molar-refractivity contribution in [2.45, 2.75) is 20.8 Å². The summed E-state index contributed by atoms with van der Waals surface area (Å²) in [6, 6.07) is 12.2. The molecule has 0 spiro atoms. The van der Waals surface area contributed by atoms with Crippen molar-refractivity contribution in [3.05, 3.63) is 71.6 Å². The quantitative estimate of drug-likeness (QED) is 0.355. The number of esters is 1. The lowest BCUT2D eigenvalue weighted by molar-refractivity contribution is -0.142. The molecule has 0 aliphatic carbocycles. The van der Waals surface area contributed by atoms with E-state index in [-0.39, 0.29) is 17.6 Å². The van der Waals surface area contributed by atoms with Crippen LogP contribution in [0.4, 0.5) is 4.39 Å². The maximum Gasteiger partial charge on any atom is 0.316 e. The van der Waals surface area contributed by atoms with Gasteiger partial charge in [0, 0.05) is 5.56 Å². The Bertz CT molecular complexity index is 751. The van der Waals surface area contributed by atoms with Gasteiger partial charge in [0.05, 0.1) is 5.41 Å². The van der Waals surface area contributed by atoms with E-state index in [0.29, 0.717) is 11.3 Å². The zero-order valence-corrected chi connectivity index (χ0v) is 13.9. The van der Waals surface area contributed by atoms with E-state index >= 15 is 0 Å². The molecule has 0 aliphatic rings. The summed E-state index contributed by atoms with van der Waals surface area (Å²) in [5.74, 6) is -0.446. The Labute approximate surface area is 140 Å². The second-order valence-corrected chi connectivity index (χ2v) is 6.41. The Kier molecular flexibility index (Phi) is 5.29. The van der Waals surface area contributed by atoms with Crippen molar-refractivity contribution < 1.29 is 18.7 Å². The first-order chi connectivity index (χ1) is 11.3. The summed E-state index contributed by atoms with van der Waals surface area (Å²) < 4.78 is 18.1. The molecule has 0 fully saturated rings. The number of carbonyl (C=O) groups excluding carboxylic acids is 2. The topological polar surface area (TPSA) is 43.4 Å². The summed E-state index contributed by atoms with van der Waals surface area (Å²) in [5, 5.41) is 0.